The van der Waals surface area contributed by atoms with E-state index in [2.05, 4.69) is 49.9 Å². The minimum atomic E-state index is -1.45. The third-order valence-corrected chi connectivity index (χ3v) is 6.52. The van der Waals surface area contributed by atoms with Gasteiger partial charge in [0.15, 0.2) is 29.3 Å². The molecule has 0 radical (unpaired) electrons. The maximum atomic E-state index is 12.3. The van der Waals surface area contributed by atoms with Gasteiger partial charge in [-0.25, -0.2) is 4.98 Å². The second kappa shape index (κ2) is 10.9. The van der Waals surface area contributed by atoms with Crippen LogP contribution in [0.2, 0.25) is 0 Å². The maximum Gasteiger partial charge on any atom is 0.252 e. The normalized spacial score (nSPS) is 20.9. The highest BCUT2D eigenvalue weighted by atomic mass is 16.6. The zero-order valence-corrected chi connectivity index (χ0v) is 20.6. The van der Waals surface area contributed by atoms with Gasteiger partial charge >= 0.3 is 0 Å². The number of fused-ring (bicyclic) bond motifs is 1. The number of aliphatic hydroxyl groups excluding tert-OH is 2. The van der Waals surface area contributed by atoms with Crippen LogP contribution < -0.4 is 10.6 Å². The Bertz CT molecular complexity index is 1420. The van der Waals surface area contributed by atoms with Gasteiger partial charge in [0, 0.05) is 19.0 Å². The molecule has 4 aromatic rings. The number of likely N-dealkylation sites (N-methyl/N-ethyl adjacent to an activating group) is 1. The number of aliphatic hydroxyl groups is 2. The van der Waals surface area contributed by atoms with Crippen molar-refractivity contribution in [2.24, 2.45) is 0 Å². The van der Waals surface area contributed by atoms with E-state index in [0.717, 1.165) is 11.1 Å². The number of aromatic nitrogens is 4. The number of ether oxygens (including phenoxy) is 1. The minimum absolute atomic E-state index is 0.0111. The first-order valence-electron chi connectivity index (χ1n) is 12.3. The first-order chi connectivity index (χ1) is 18.5. The molecule has 5 rings (SSSR count). The van der Waals surface area contributed by atoms with Gasteiger partial charge in [-0.05, 0) is 18.1 Å². The number of anilines is 1. The number of hydrogen-bond acceptors (Lipinski definition) is 9. The summed E-state index contributed by atoms with van der Waals surface area (Å²) in [6.45, 7) is 2.55. The highest BCUT2D eigenvalue weighted by Crippen LogP contribution is 2.33. The molecule has 1 fully saturated rings. The third kappa shape index (κ3) is 4.80. The van der Waals surface area contributed by atoms with E-state index >= 15 is 0 Å². The Hall–Kier alpha value is -4.37. The largest absolute Gasteiger partial charge is 0.387 e. The molecule has 11 heteroatoms. The van der Waals surface area contributed by atoms with E-state index in [1.54, 1.807) is 6.92 Å². The second-order valence-electron chi connectivity index (χ2n) is 8.91. The summed E-state index contributed by atoms with van der Waals surface area (Å²) in [6.07, 6.45) is -3.88. The molecule has 4 N–H and O–H groups in total. The van der Waals surface area contributed by atoms with E-state index in [4.69, 9.17) is 4.74 Å². The molecule has 0 aliphatic carbocycles. The van der Waals surface area contributed by atoms with E-state index in [0.29, 0.717) is 24.4 Å². The molecule has 2 aromatic heterocycles. The Morgan fingerprint density at radius 2 is 1.74 bits per heavy atom. The molecule has 4 unspecified atom stereocenters. The molecule has 1 aliphatic heterocycles. The predicted octanol–water partition coefficient (Wildman–Crippen LogP) is 1.70. The van der Waals surface area contributed by atoms with E-state index in [1.165, 1.54) is 10.9 Å². The van der Waals surface area contributed by atoms with Crippen LogP contribution in [0.4, 0.5) is 5.82 Å². The molecule has 3 heterocycles. The number of nitrogens with zero attached hydrogens (tertiary/aromatic N) is 5. The number of benzene rings is 2. The Kier molecular flexibility index (Phi) is 7.28. The fourth-order valence-electron chi connectivity index (χ4n) is 4.65. The van der Waals surface area contributed by atoms with E-state index in [1.807, 2.05) is 42.5 Å². The van der Waals surface area contributed by atoms with Crippen molar-refractivity contribution >= 4 is 22.9 Å². The van der Waals surface area contributed by atoms with Crippen molar-refractivity contribution in [1.82, 2.24) is 24.8 Å². The van der Waals surface area contributed by atoms with Gasteiger partial charge < -0.3 is 25.6 Å². The van der Waals surface area contributed by atoms with Crippen molar-refractivity contribution in [2.75, 3.05) is 18.4 Å². The van der Waals surface area contributed by atoms with Crippen LogP contribution in [-0.4, -0.2) is 67.0 Å². The monoisotopic (exact) mass is 513 g/mol. The van der Waals surface area contributed by atoms with Crippen LogP contribution in [0.3, 0.4) is 0 Å². The molecule has 11 nitrogen and oxygen atoms in total. The third-order valence-electron chi connectivity index (χ3n) is 6.52. The Balaban J connectivity index is 1.47. The number of carbonyl (C=O) groups is 1. The van der Waals surface area contributed by atoms with Crippen molar-refractivity contribution < 1.29 is 19.7 Å². The molecule has 1 saturated heterocycles. The molecule has 194 valence electrons. The molecule has 0 saturated carbocycles. The molecular formula is C27H27N7O4. The van der Waals surface area contributed by atoms with Crippen molar-refractivity contribution in [1.29, 1.82) is 5.26 Å². The van der Waals surface area contributed by atoms with Gasteiger partial charge in [0.2, 0.25) is 5.82 Å². The highest BCUT2D eigenvalue weighted by molar-refractivity contribution is 5.84. The first kappa shape index (κ1) is 25.3. The maximum absolute atomic E-state index is 12.3. The molecule has 2 aromatic carbocycles. The zero-order chi connectivity index (χ0) is 26.6. The summed E-state index contributed by atoms with van der Waals surface area (Å²) < 4.78 is 7.13. The Morgan fingerprint density at radius 1 is 1.08 bits per heavy atom. The molecule has 0 bridgehead atoms. The molecule has 1 aliphatic rings. The summed E-state index contributed by atoms with van der Waals surface area (Å²) in [5.74, 6) is -0.307. The van der Waals surface area contributed by atoms with Gasteiger partial charge in [-0.15, -0.1) is 0 Å². The van der Waals surface area contributed by atoms with Crippen LogP contribution in [0, 0.1) is 11.3 Å². The van der Waals surface area contributed by atoms with Crippen LogP contribution in [-0.2, 0) is 9.53 Å². The topological polar surface area (TPSA) is 158 Å². The summed E-state index contributed by atoms with van der Waals surface area (Å²) in [4.78, 5) is 25.4. The molecular weight excluding hydrogens is 486 g/mol. The van der Waals surface area contributed by atoms with Gasteiger partial charge in [0.1, 0.15) is 18.3 Å². The molecule has 38 heavy (non-hydrogen) atoms. The van der Waals surface area contributed by atoms with Crippen molar-refractivity contribution in [2.45, 2.75) is 37.4 Å². The number of nitrogens with one attached hydrogen (secondary N) is 2. The standard InChI is InChI=1S/C27H27N7O4/c1-2-29-26(37)23-21(35)22(36)27(38-23)34-15-31-20-24(32-19(13-28)33-25(20)34)30-14-18(16-9-5-3-6-10-16)17-11-7-4-8-12-17/h3-12,15,18,21-23,27,35-36H,2,14H2,1H3,(H,29,37)(H,30,32,33). The van der Waals surface area contributed by atoms with Crippen molar-refractivity contribution in [3.05, 3.63) is 83.9 Å². The zero-order valence-electron chi connectivity index (χ0n) is 20.6. The first-order valence-corrected chi connectivity index (χ1v) is 12.3. The van der Waals surface area contributed by atoms with Gasteiger partial charge in [-0.3, -0.25) is 9.36 Å². The van der Waals surface area contributed by atoms with Crippen LogP contribution in [0.25, 0.3) is 11.2 Å². The SMILES string of the molecule is CCNC(=O)C1OC(n2cnc3c(NCC(c4ccccc4)c4ccccc4)nc(C#N)nc32)C(O)C1O. The lowest BCUT2D eigenvalue weighted by Crippen LogP contribution is -2.42. The summed E-state index contributed by atoms with van der Waals surface area (Å²) in [5, 5.41) is 36.6. The van der Waals surface area contributed by atoms with Crippen LogP contribution in [0.1, 0.15) is 36.0 Å². The number of rotatable bonds is 8. The predicted molar refractivity (Wildman–Crippen MR) is 138 cm³/mol. The summed E-state index contributed by atoms with van der Waals surface area (Å²) in [6, 6.07) is 22.1. The Labute approximate surface area is 218 Å². The quantitative estimate of drug-likeness (QED) is 0.275. The number of amides is 1. The van der Waals surface area contributed by atoms with E-state index < -0.39 is 30.4 Å². The lowest BCUT2D eigenvalue weighted by atomic mass is 9.91. The average Bonchev–Trinajstić information content (AvgIpc) is 3.50. The summed E-state index contributed by atoms with van der Waals surface area (Å²) >= 11 is 0. The van der Waals surface area contributed by atoms with Gasteiger partial charge in [-0.1, -0.05) is 60.7 Å². The van der Waals surface area contributed by atoms with Gasteiger partial charge in [-0.2, -0.15) is 15.2 Å². The fourth-order valence-corrected chi connectivity index (χ4v) is 4.65. The molecule has 4 atom stereocenters. The van der Waals surface area contributed by atoms with Crippen LogP contribution in [0.5, 0.6) is 0 Å². The highest BCUT2D eigenvalue weighted by Gasteiger charge is 2.47. The number of hydrogen-bond donors (Lipinski definition) is 4. The van der Waals surface area contributed by atoms with E-state index in [9.17, 15) is 20.3 Å². The van der Waals surface area contributed by atoms with E-state index in [-0.39, 0.29) is 17.4 Å². The molecule has 1 amide bonds. The lowest BCUT2D eigenvalue weighted by molar-refractivity contribution is -0.137. The Morgan fingerprint density at radius 3 is 2.34 bits per heavy atom. The van der Waals surface area contributed by atoms with Gasteiger partial charge in [0.25, 0.3) is 5.91 Å². The van der Waals surface area contributed by atoms with Crippen molar-refractivity contribution in [3.8, 4) is 6.07 Å². The number of imidazole rings is 1. The van der Waals surface area contributed by atoms with Crippen LogP contribution in [0.15, 0.2) is 67.0 Å². The lowest BCUT2D eigenvalue weighted by Gasteiger charge is -2.19. The number of carbonyl (C=O) groups excluding carboxylic acids is 1. The fraction of sp³-hybridized carbons (Fsp3) is 0.296. The summed E-state index contributed by atoms with van der Waals surface area (Å²) in [5.41, 5.74) is 2.80. The number of nitriles is 1. The summed E-state index contributed by atoms with van der Waals surface area (Å²) in [7, 11) is 0. The van der Waals surface area contributed by atoms with Gasteiger partial charge in [0.05, 0.1) is 6.33 Å². The molecule has 0 spiro atoms. The van der Waals surface area contributed by atoms with Crippen molar-refractivity contribution in [3.63, 3.8) is 0 Å². The average molecular weight is 514 g/mol. The van der Waals surface area contributed by atoms with Crippen LogP contribution >= 0.6 is 0 Å². The minimum Gasteiger partial charge on any atom is -0.387 e. The smallest absolute Gasteiger partial charge is 0.252 e. The second-order valence-corrected chi connectivity index (χ2v) is 8.91.